The van der Waals surface area contributed by atoms with Gasteiger partial charge in [-0.1, -0.05) is 36.4 Å². The fraction of sp³-hybridized carbons (Fsp3) is 0.0500. The molecule has 0 amide bonds. The van der Waals surface area contributed by atoms with E-state index in [2.05, 4.69) is 60.0 Å². The van der Waals surface area contributed by atoms with Crippen LogP contribution in [0.25, 0.3) is 11.4 Å². The third-order valence-corrected chi connectivity index (χ3v) is 11.1. The molecule has 20 nitrogen and oxygen atoms in total. The molecule has 0 aliphatic carbocycles. The zero-order valence-corrected chi connectivity index (χ0v) is 35.5. The number of nitrogens with one attached hydrogen (secondary N) is 2. The summed E-state index contributed by atoms with van der Waals surface area (Å²) in [6.45, 7) is 3.34. The molecule has 0 unspecified atom stereocenters. The van der Waals surface area contributed by atoms with E-state index >= 15 is 0 Å². The molecule has 319 valence electrons. The van der Waals surface area contributed by atoms with Gasteiger partial charge in [0.1, 0.15) is 11.4 Å². The molecule has 0 atom stereocenters. The average Bonchev–Trinajstić information content (AvgIpc) is 3.74. The smallest absolute Gasteiger partial charge is 0.857 e. The first kappa shape index (κ1) is 44.8. The zero-order valence-electron chi connectivity index (χ0n) is 32.8. The van der Waals surface area contributed by atoms with Gasteiger partial charge in [0.05, 0.1) is 43.9 Å². The Morgan fingerprint density at radius 1 is 0.476 bits per heavy atom. The molecule has 0 spiro atoms. The van der Waals surface area contributed by atoms with Crippen LogP contribution < -0.4 is 19.7 Å². The van der Waals surface area contributed by atoms with Crippen molar-refractivity contribution in [3.63, 3.8) is 0 Å². The van der Waals surface area contributed by atoms with E-state index in [-0.39, 0.29) is 49.8 Å². The van der Waals surface area contributed by atoms with Crippen LogP contribution in [-0.4, -0.2) is 56.3 Å². The van der Waals surface area contributed by atoms with Crippen molar-refractivity contribution in [3.05, 3.63) is 158 Å². The number of benzene rings is 4. The molecule has 4 aromatic heterocycles. The van der Waals surface area contributed by atoms with E-state index in [1.165, 1.54) is 82.7 Å². The van der Waals surface area contributed by atoms with Crippen LogP contribution in [0.3, 0.4) is 0 Å². The van der Waals surface area contributed by atoms with Gasteiger partial charge >= 0.3 is 16.8 Å². The third kappa shape index (κ3) is 11.0. The Labute approximate surface area is 370 Å². The minimum atomic E-state index is -3.85. The van der Waals surface area contributed by atoms with Crippen LogP contribution in [0, 0.1) is 13.8 Å². The predicted molar refractivity (Wildman–Crippen MR) is 222 cm³/mol. The Hall–Kier alpha value is -7.73. The fourth-order valence-electron chi connectivity index (χ4n) is 5.38. The first-order valence-corrected chi connectivity index (χ1v) is 21.1. The van der Waals surface area contributed by atoms with E-state index in [9.17, 15) is 27.0 Å². The summed E-state index contributed by atoms with van der Waals surface area (Å²) in [4.78, 5) is 15.4. The monoisotopic (exact) mass is 927 g/mol. The van der Waals surface area contributed by atoms with Gasteiger partial charge < -0.3 is 10.2 Å². The minimum absolute atomic E-state index is 0. The van der Waals surface area contributed by atoms with E-state index in [4.69, 9.17) is 0 Å². The molecular weight excluding hydrogens is 896 g/mol. The van der Waals surface area contributed by atoms with Crippen molar-refractivity contribution >= 4 is 54.7 Å². The van der Waals surface area contributed by atoms with Crippen LogP contribution in [0.5, 0.6) is 11.8 Å². The molecular formula is C40H32CoN14O6S2. The normalized spacial score (nSPS) is 11.5. The van der Waals surface area contributed by atoms with Gasteiger partial charge in [-0.05, 0) is 98.8 Å². The molecule has 0 saturated carbocycles. The van der Waals surface area contributed by atoms with Crippen molar-refractivity contribution in [2.24, 2.45) is 20.5 Å². The molecule has 0 bridgehead atoms. The number of rotatable bonds is 12. The van der Waals surface area contributed by atoms with Crippen LogP contribution in [0.4, 0.5) is 34.6 Å². The maximum atomic E-state index is 12.6. The SMILES string of the molecule is Cc1nn(-c2ccccc2)c([O-])c1N=Nc1ccc(S(=O)(=O)Nc2ncccn2)cc1.Cc1nn(-c2ccccc2)c([O-])c1N=Nc1ccc(S(=O)(=O)Nc2ncccn2)cc1.[Co+2]. The Kier molecular flexibility index (Phi) is 14.1. The van der Waals surface area contributed by atoms with E-state index in [0.29, 0.717) is 34.1 Å². The summed E-state index contributed by atoms with van der Waals surface area (Å²) < 4.78 is 56.8. The number of aryl methyl sites for hydroxylation is 2. The van der Waals surface area contributed by atoms with Crippen LogP contribution in [0.2, 0.25) is 0 Å². The second-order valence-corrected chi connectivity index (χ2v) is 16.1. The predicted octanol–water partition coefficient (Wildman–Crippen LogP) is 6.52. The fourth-order valence-corrected chi connectivity index (χ4v) is 7.29. The Balaban J connectivity index is 0.000000206. The van der Waals surface area contributed by atoms with E-state index in [0.717, 1.165) is 0 Å². The van der Waals surface area contributed by atoms with Crippen molar-refractivity contribution in [2.45, 2.75) is 23.6 Å². The van der Waals surface area contributed by atoms with Gasteiger partial charge in [-0.25, -0.2) is 55.6 Å². The van der Waals surface area contributed by atoms with Gasteiger partial charge in [-0.15, -0.1) is 10.2 Å². The second kappa shape index (κ2) is 19.8. The number of sulfonamides is 2. The van der Waals surface area contributed by atoms with E-state index < -0.39 is 31.8 Å². The molecule has 0 aliphatic heterocycles. The van der Waals surface area contributed by atoms with Crippen molar-refractivity contribution in [1.29, 1.82) is 0 Å². The number of hydrogen-bond acceptors (Lipinski definition) is 16. The molecule has 8 aromatic rings. The number of aromatic nitrogens is 8. The molecule has 0 aliphatic rings. The summed E-state index contributed by atoms with van der Waals surface area (Å²) in [5.74, 6) is -0.835. The van der Waals surface area contributed by atoms with Crippen LogP contribution in [0.1, 0.15) is 11.4 Å². The third-order valence-electron chi connectivity index (χ3n) is 8.38. The quantitative estimate of drug-likeness (QED) is 0.124. The topological polar surface area (TPSA) is 275 Å². The first-order chi connectivity index (χ1) is 29.9. The maximum absolute atomic E-state index is 12.6. The maximum Gasteiger partial charge on any atom is 2.00 e. The standard InChI is InChI=1S/2C20H17N7O3S.Co/c2*1-14-18(19(28)27(25-14)16-6-3-2-4-7-16)24-23-15-8-10-17(11-9-15)31(29,30)26-20-21-12-5-13-22-20;/h2*2-13,28H,1H3,(H,21,22,26);/q;;+2/p-2. The minimum Gasteiger partial charge on any atom is -0.857 e. The second-order valence-electron chi connectivity index (χ2n) is 12.7. The van der Waals surface area contributed by atoms with Gasteiger partial charge in [0.25, 0.3) is 20.0 Å². The molecule has 23 heteroatoms. The molecule has 0 saturated heterocycles. The molecule has 1 radical (unpaired) electrons. The van der Waals surface area contributed by atoms with Gasteiger partial charge in [-0.3, -0.25) is 0 Å². The molecule has 4 heterocycles. The summed E-state index contributed by atoms with van der Waals surface area (Å²) in [5, 5.41) is 49.8. The van der Waals surface area contributed by atoms with E-state index in [1.54, 1.807) is 74.5 Å². The summed E-state index contributed by atoms with van der Waals surface area (Å²) in [6.07, 6.45) is 5.72. The molecule has 8 rings (SSSR count). The van der Waals surface area contributed by atoms with Crippen molar-refractivity contribution in [3.8, 4) is 23.1 Å². The van der Waals surface area contributed by atoms with E-state index in [1.807, 2.05) is 12.1 Å². The summed E-state index contributed by atoms with van der Waals surface area (Å²) in [5.41, 5.74) is 3.10. The number of hydrogen-bond donors (Lipinski definition) is 2. The number of nitrogens with zero attached hydrogens (tertiary/aromatic N) is 12. The van der Waals surface area contributed by atoms with Crippen molar-refractivity contribution in [1.82, 2.24) is 39.5 Å². The zero-order chi connectivity index (χ0) is 43.7. The Morgan fingerprint density at radius 3 is 1.14 bits per heavy atom. The van der Waals surface area contributed by atoms with Gasteiger partial charge in [0.2, 0.25) is 11.9 Å². The largest absolute Gasteiger partial charge is 2.00 e. The molecule has 4 aromatic carbocycles. The number of para-hydroxylation sites is 2. The number of azo groups is 2. The first-order valence-electron chi connectivity index (χ1n) is 18.2. The molecule has 63 heavy (non-hydrogen) atoms. The average molecular weight is 928 g/mol. The molecule has 0 fully saturated rings. The van der Waals surface area contributed by atoms with Crippen molar-refractivity contribution in [2.75, 3.05) is 9.44 Å². The van der Waals surface area contributed by atoms with Gasteiger partial charge in [0, 0.05) is 36.5 Å². The van der Waals surface area contributed by atoms with Crippen LogP contribution in [0.15, 0.2) is 176 Å². The molecule has 2 N–H and O–H groups in total. The van der Waals surface area contributed by atoms with Crippen LogP contribution in [-0.2, 0) is 36.8 Å². The van der Waals surface area contributed by atoms with Gasteiger partial charge in [0.15, 0.2) is 0 Å². The summed E-state index contributed by atoms with van der Waals surface area (Å²) in [7, 11) is -7.70. The van der Waals surface area contributed by atoms with Crippen LogP contribution >= 0.6 is 0 Å². The summed E-state index contributed by atoms with van der Waals surface area (Å²) >= 11 is 0. The summed E-state index contributed by atoms with van der Waals surface area (Å²) in [6, 6.07) is 32.5. The number of anilines is 2. The Morgan fingerprint density at radius 2 is 0.810 bits per heavy atom. The van der Waals surface area contributed by atoms with Gasteiger partial charge in [-0.2, -0.15) is 20.4 Å². The van der Waals surface area contributed by atoms with Crippen molar-refractivity contribution < 1.29 is 43.8 Å². The Bertz CT molecular complexity index is 2860.